The summed E-state index contributed by atoms with van der Waals surface area (Å²) in [4.78, 5) is 21.0. The van der Waals surface area contributed by atoms with Crippen molar-refractivity contribution in [3.05, 3.63) is 5.69 Å². The highest BCUT2D eigenvalue weighted by atomic mass is 31.2. The van der Waals surface area contributed by atoms with Gasteiger partial charge in [-0.1, -0.05) is 5.21 Å². The molecule has 1 fully saturated rings. The van der Waals surface area contributed by atoms with Gasteiger partial charge in [-0.3, -0.25) is 4.52 Å². The number of nitrogens with zero attached hydrogens (tertiary/aromatic N) is 4. The molecule has 128 valence electrons. The Labute approximate surface area is 128 Å². The average Bonchev–Trinajstić information content (AvgIpc) is 3.01. The van der Waals surface area contributed by atoms with Crippen LogP contribution in [0.1, 0.15) is 18.1 Å². The molecule has 0 radical (unpaired) electrons. The minimum absolute atomic E-state index is 0.104. The monoisotopic (exact) mass is 351 g/mol. The molecule has 3 heterocycles. The predicted molar refractivity (Wildman–Crippen MR) is 71.0 cm³/mol. The van der Waals surface area contributed by atoms with Crippen molar-refractivity contribution in [2.45, 2.75) is 30.8 Å². The minimum atomic E-state index is -4.74. The molecular formula is C9H14N5O8P. The van der Waals surface area contributed by atoms with Crippen LogP contribution in [-0.2, 0) is 13.8 Å². The lowest BCUT2D eigenvalue weighted by atomic mass is 10.1. The van der Waals surface area contributed by atoms with E-state index in [9.17, 15) is 19.9 Å². The Hall–Kier alpha value is -1.44. The normalized spacial score (nSPS) is 33.5. The zero-order valence-corrected chi connectivity index (χ0v) is 12.3. The van der Waals surface area contributed by atoms with Crippen molar-refractivity contribution in [3.63, 3.8) is 0 Å². The van der Waals surface area contributed by atoms with Gasteiger partial charge in [-0.2, -0.15) is 4.68 Å². The smallest absolute Gasteiger partial charge is 0.387 e. The summed E-state index contributed by atoms with van der Waals surface area (Å²) in [6.07, 6.45) is -5.32. The van der Waals surface area contributed by atoms with Crippen molar-refractivity contribution in [2.75, 3.05) is 11.9 Å². The van der Waals surface area contributed by atoms with Gasteiger partial charge in [0.25, 0.3) is 0 Å². The lowest BCUT2D eigenvalue weighted by molar-refractivity contribution is -0.0575. The van der Waals surface area contributed by atoms with Crippen LogP contribution in [-0.4, -0.2) is 71.4 Å². The lowest BCUT2D eigenvalue weighted by Gasteiger charge is -2.19. The fraction of sp³-hybridized carbons (Fsp3) is 0.667. The maximum absolute atomic E-state index is 10.7. The van der Waals surface area contributed by atoms with Gasteiger partial charge in [0, 0.05) is 0 Å². The molecule has 0 spiro atoms. The van der Waals surface area contributed by atoms with Gasteiger partial charge in [0.2, 0.25) is 0 Å². The highest BCUT2D eigenvalue weighted by Crippen LogP contribution is 2.39. The van der Waals surface area contributed by atoms with Gasteiger partial charge in [-0.15, -0.1) is 5.10 Å². The molecule has 14 heteroatoms. The van der Waals surface area contributed by atoms with Gasteiger partial charge in [-0.25, -0.2) is 9.56 Å². The molecule has 0 saturated carbocycles. The molecule has 0 unspecified atom stereocenters. The van der Waals surface area contributed by atoms with Gasteiger partial charge < -0.3 is 35.2 Å². The number of anilines is 1. The number of fused-ring (bicyclic) bond motifs is 1. The Kier molecular flexibility index (Phi) is 4.20. The maximum Gasteiger partial charge on any atom is 0.469 e. The van der Waals surface area contributed by atoms with E-state index in [0.29, 0.717) is 0 Å². The number of phosphoric acid groups is 1. The molecule has 0 aromatic carbocycles. The lowest BCUT2D eigenvalue weighted by Crippen LogP contribution is -2.34. The molecule has 6 N–H and O–H groups in total. The second kappa shape index (κ2) is 5.89. The van der Waals surface area contributed by atoms with E-state index in [0.717, 1.165) is 4.68 Å². The third-order valence-electron chi connectivity index (χ3n) is 3.37. The summed E-state index contributed by atoms with van der Waals surface area (Å²) >= 11 is 0. The van der Waals surface area contributed by atoms with Crippen LogP contribution in [0.5, 0.6) is 0 Å². The molecule has 2 aliphatic rings. The number of ether oxygens (including phenoxy) is 1. The van der Waals surface area contributed by atoms with Crippen LogP contribution in [0.15, 0.2) is 4.99 Å². The zero-order valence-electron chi connectivity index (χ0n) is 11.4. The van der Waals surface area contributed by atoms with Crippen molar-refractivity contribution >= 4 is 20.0 Å². The largest absolute Gasteiger partial charge is 0.469 e. The second-order valence-corrected chi connectivity index (χ2v) is 6.14. The van der Waals surface area contributed by atoms with E-state index in [-0.39, 0.29) is 11.5 Å². The number of nitrogens with one attached hydrogen (secondary N) is 1. The molecular weight excluding hydrogens is 337 g/mol. The van der Waals surface area contributed by atoms with Gasteiger partial charge in [0.1, 0.15) is 18.3 Å². The number of hydrogen-bond donors (Lipinski definition) is 6. The van der Waals surface area contributed by atoms with Crippen LogP contribution in [0.2, 0.25) is 0 Å². The van der Waals surface area contributed by atoms with Crippen LogP contribution in [0.3, 0.4) is 0 Å². The van der Waals surface area contributed by atoms with E-state index in [1.165, 1.54) is 6.34 Å². The maximum atomic E-state index is 10.7. The van der Waals surface area contributed by atoms with Crippen molar-refractivity contribution in [1.82, 2.24) is 15.0 Å². The average molecular weight is 351 g/mol. The number of rotatable bonds is 4. The zero-order chi connectivity index (χ0) is 16.8. The molecule has 0 bridgehead atoms. The summed E-state index contributed by atoms with van der Waals surface area (Å²) in [5, 5.41) is 39.7. The third kappa shape index (κ3) is 3.13. The Bertz CT molecular complexity index is 660. The van der Waals surface area contributed by atoms with E-state index in [1.54, 1.807) is 0 Å². The fourth-order valence-corrected chi connectivity index (χ4v) is 2.62. The molecule has 0 aliphatic carbocycles. The molecule has 3 rings (SSSR count). The van der Waals surface area contributed by atoms with Crippen LogP contribution in [0.4, 0.5) is 5.82 Å². The highest BCUT2D eigenvalue weighted by Gasteiger charge is 2.46. The van der Waals surface area contributed by atoms with Gasteiger partial charge in [0.15, 0.2) is 24.0 Å². The summed E-state index contributed by atoms with van der Waals surface area (Å²) in [7, 11) is -4.74. The third-order valence-corrected chi connectivity index (χ3v) is 3.85. The molecule has 2 aliphatic heterocycles. The summed E-state index contributed by atoms with van der Waals surface area (Å²) in [6, 6.07) is 0. The van der Waals surface area contributed by atoms with E-state index in [2.05, 4.69) is 25.1 Å². The van der Waals surface area contributed by atoms with E-state index in [4.69, 9.17) is 14.5 Å². The van der Waals surface area contributed by atoms with Gasteiger partial charge in [-0.05, 0) is 0 Å². The molecule has 1 aromatic rings. The highest BCUT2D eigenvalue weighted by molar-refractivity contribution is 7.46. The van der Waals surface area contributed by atoms with Crippen molar-refractivity contribution in [2.24, 2.45) is 4.99 Å². The van der Waals surface area contributed by atoms with E-state index < -0.39 is 45.2 Å². The van der Waals surface area contributed by atoms with Crippen LogP contribution >= 0.6 is 7.82 Å². The second-order valence-electron chi connectivity index (χ2n) is 4.90. The summed E-state index contributed by atoms with van der Waals surface area (Å²) in [5.41, 5.74) is 0.104. The minimum Gasteiger partial charge on any atom is -0.387 e. The first-order valence-corrected chi connectivity index (χ1v) is 7.94. The number of aromatic nitrogens is 3. The molecule has 13 nitrogen and oxygen atoms in total. The number of phosphoric ester groups is 1. The van der Waals surface area contributed by atoms with Crippen molar-refractivity contribution in [3.8, 4) is 0 Å². The summed E-state index contributed by atoms with van der Waals surface area (Å²) in [5.74, 6) is 0.209. The molecule has 1 aromatic heterocycles. The Morgan fingerprint density at radius 3 is 2.78 bits per heavy atom. The Balaban J connectivity index is 1.78. The van der Waals surface area contributed by atoms with Crippen LogP contribution < -0.4 is 5.32 Å². The number of aliphatic hydroxyl groups excluding tert-OH is 3. The summed E-state index contributed by atoms with van der Waals surface area (Å²) < 4.78 is 21.4. The quantitative estimate of drug-likeness (QED) is 0.313. The van der Waals surface area contributed by atoms with Crippen LogP contribution in [0.25, 0.3) is 0 Å². The first-order valence-electron chi connectivity index (χ1n) is 6.41. The van der Waals surface area contributed by atoms with Crippen molar-refractivity contribution in [1.29, 1.82) is 0 Å². The first-order chi connectivity index (χ1) is 10.8. The van der Waals surface area contributed by atoms with Gasteiger partial charge in [0.05, 0.1) is 12.9 Å². The van der Waals surface area contributed by atoms with E-state index in [1.807, 2.05) is 0 Å². The SMILES string of the molecule is O=P(O)(O)OC[C@H]1O[C@@H](n2nnc3c2NC=N[C@@H]3O)[C@H](O)[C@@H]1O. The topological polar surface area (TPSA) is 192 Å². The predicted octanol–water partition coefficient (Wildman–Crippen LogP) is -2.55. The summed E-state index contributed by atoms with van der Waals surface area (Å²) in [6.45, 7) is -0.632. The Morgan fingerprint density at radius 1 is 1.35 bits per heavy atom. The number of hydrogen-bond acceptors (Lipinski definition) is 10. The van der Waals surface area contributed by atoms with E-state index >= 15 is 0 Å². The first kappa shape index (κ1) is 16.4. The molecule has 1 saturated heterocycles. The Morgan fingerprint density at radius 2 is 2.09 bits per heavy atom. The van der Waals surface area contributed by atoms with Crippen LogP contribution in [0, 0.1) is 0 Å². The molecule has 5 atom stereocenters. The van der Waals surface area contributed by atoms with Crippen molar-refractivity contribution < 1.29 is 38.9 Å². The number of aliphatic hydroxyl groups is 3. The fourth-order valence-electron chi connectivity index (χ4n) is 2.28. The molecule has 0 amide bonds. The van der Waals surface area contributed by atoms with Gasteiger partial charge >= 0.3 is 7.82 Å². The molecule has 23 heavy (non-hydrogen) atoms. The standard InChI is InChI=1S/C9H14N5O8P/c15-5-3(1-21-23(18,19)20)22-9(6(5)16)14-7-4(12-13-14)8(17)11-2-10-7/h2-3,5-6,8-9,15-17H,1H2,(H,10,11)(H2,18,19,20)/t3-,5-,6-,8-,9-/m1/s1. The number of aliphatic imine (C=N–C) groups is 1.